The summed E-state index contributed by atoms with van der Waals surface area (Å²) in [6.07, 6.45) is -3.31. The number of likely N-dealkylation sites (tertiary alicyclic amines) is 1. The Morgan fingerprint density at radius 3 is 2.64 bits per heavy atom. The molecule has 1 saturated heterocycles. The highest BCUT2D eigenvalue weighted by molar-refractivity contribution is 9.10. The van der Waals surface area contributed by atoms with Crippen molar-refractivity contribution in [3.63, 3.8) is 0 Å². The van der Waals surface area contributed by atoms with Crippen LogP contribution in [0.4, 0.5) is 18.9 Å². The molecule has 1 aliphatic heterocycles. The molecule has 1 aromatic rings. The number of benzene rings is 1. The van der Waals surface area contributed by atoms with Gasteiger partial charge in [0.05, 0.1) is 5.56 Å². The van der Waals surface area contributed by atoms with Crippen molar-refractivity contribution in [1.29, 1.82) is 0 Å². The van der Waals surface area contributed by atoms with Crippen LogP contribution in [0.2, 0.25) is 0 Å². The number of hydrogen-bond acceptors (Lipinski definition) is 2. The van der Waals surface area contributed by atoms with E-state index in [2.05, 4.69) is 21.2 Å². The van der Waals surface area contributed by atoms with E-state index >= 15 is 0 Å². The maximum absolute atomic E-state index is 12.8. The second kappa shape index (κ2) is 6.28. The molecule has 1 unspecified atom stereocenters. The molecule has 1 fully saturated rings. The summed E-state index contributed by atoms with van der Waals surface area (Å²) < 4.78 is 38.4. The molecule has 1 N–H and O–H groups in total. The maximum Gasteiger partial charge on any atom is 0.417 e. The van der Waals surface area contributed by atoms with Gasteiger partial charge in [-0.2, -0.15) is 13.2 Å². The average Bonchev–Trinajstić information content (AvgIpc) is 2.89. The predicted molar refractivity (Wildman–Crippen MR) is 78.2 cm³/mol. The van der Waals surface area contributed by atoms with Crippen LogP contribution in [0.1, 0.15) is 25.3 Å². The fourth-order valence-corrected chi connectivity index (χ4v) is 2.93. The highest BCUT2D eigenvalue weighted by Gasteiger charge is 2.35. The summed E-state index contributed by atoms with van der Waals surface area (Å²) in [6, 6.07) is 2.85. The average molecular weight is 379 g/mol. The number of alkyl halides is 3. The monoisotopic (exact) mass is 378 g/mol. The molecule has 1 aromatic carbocycles. The Morgan fingerprint density at radius 1 is 1.36 bits per heavy atom. The fraction of sp³-hybridized carbons (Fsp3) is 0.429. The number of nitrogens with zero attached hydrogens (tertiary/aromatic N) is 1. The zero-order valence-electron chi connectivity index (χ0n) is 11.7. The van der Waals surface area contributed by atoms with Crippen molar-refractivity contribution in [1.82, 2.24) is 4.90 Å². The summed E-state index contributed by atoms with van der Waals surface area (Å²) in [7, 11) is 0. The molecule has 0 aromatic heterocycles. The predicted octanol–water partition coefficient (Wildman–Crippen LogP) is 3.42. The zero-order valence-corrected chi connectivity index (χ0v) is 13.3. The van der Waals surface area contributed by atoms with Crippen molar-refractivity contribution in [2.45, 2.75) is 32.0 Å². The van der Waals surface area contributed by atoms with Gasteiger partial charge in [0.2, 0.25) is 11.8 Å². The van der Waals surface area contributed by atoms with Crippen molar-refractivity contribution < 1.29 is 22.8 Å². The Morgan fingerprint density at radius 2 is 2.05 bits per heavy atom. The van der Waals surface area contributed by atoms with Gasteiger partial charge in [-0.05, 0) is 31.0 Å². The molecule has 1 atom stereocenters. The Hall–Kier alpha value is -1.57. The summed E-state index contributed by atoms with van der Waals surface area (Å²) in [5, 5.41) is 2.45. The largest absolute Gasteiger partial charge is 0.417 e. The number of anilines is 1. The van der Waals surface area contributed by atoms with Gasteiger partial charge in [-0.15, -0.1) is 0 Å². The quantitative estimate of drug-likeness (QED) is 0.856. The van der Waals surface area contributed by atoms with Crippen molar-refractivity contribution in [3.8, 4) is 0 Å². The molecule has 8 heteroatoms. The molecule has 2 rings (SSSR count). The molecule has 0 radical (unpaired) electrons. The highest BCUT2D eigenvalue weighted by atomic mass is 79.9. The van der Waals surface area contributed by atoms with Crippen LogP contribution in [-0.2, 0) is 15.8 Å². The summed E-state index contributed by atoms with van der Waals surface area (Å²) in [5.41, 5.74) is -0.809. The number of rotatable bonds is 2. The Labute approximate surface area is 133 Å². The standard InChI is InChI=1S/C14H14BrF3N2O2/c1-8(21)20-6-2-3-12(20)13(22)19-9-4-5-11(15)10(7-9)14(16,17)18/h4-5,7,12H,2-3,6H2,1H3,(H,19,22). The van der Waals surface area contributed by atoms with Gasteiger partial charge in [-0.1, -0.05) is 15.9 Å². The van der Waals surface area contributed by atoms with Crippen LogP contribution in [0.15, 0.2) is 22.7 Å². The van der Waals surface area contributed by atoms with Crippen molar-refractivity contribution in [2.75, 3.05) is 11.9 Å². The van der Waals surface area contributed by atoms with Crippen LogP contribution in [0.3, 0.4) is 0 Å². The Bertz CT molecular complexity index is 604. The van der Waals surface area contributed by atoms with E-state index in [1.807, 2.05) is 0 Å². The number of carbonyl (C=O) groups excluding carboxylic acids is 2. The Kier molecular flexibility index (Phi) is 4.79. The van der Waals surface area contributed by atoms with Crippen LogP contribution in [-0.4, -0.2) is 29.3 Å². The molecule has 0 spiro atoms. The van der Waals surface area contributed by atoms with Gasteiger partial charge in [-0.25, -0.2) is 0 Å². The van der Waals surface area contributed by atoms with E-state index in [1.54, 1.807) is 0 Å². The number of amides is 2. The van der Waals surface area contributed by atoms with Gasteiger partial charge in [-0.3, -0.25) is 9.59 Å². The van der Waals surface area contributed by atoms with Crippen LogP contribution in [0.25, 0.3) is 0 Å². The van der Waals surface area contributed by atoms with Crippen molar-refractivity contribution >= 4 is 33.4 Å². The number of carbonyl (C=O) groups is 2. The zero-order chi connectivity index (χ0) is 16.5. The molecule has 1 heterocycles. The first-order chi connectivity index (χ1) is 10.2. The van der Waals surface area contributed by atoms with Crippen molar-refractivity contribution in [2.24, 2.45) is 0 Å². The lowest BCUT2D eigenvalue weighted by Crippen LogP contribution is -2.42. The minimum absolute atomic E-state index is 0.0518. The summed E-state index contributed by atoms with van der Waals surface area (Å²) in [6.45, 7) is 1.86. The van der Waals surface area contributed by atoms with Gasteiger partial charge in [0.15, 0.2) is 0 Å². The lowest BCUT2D eigenvalue weighted by atomic mass is 10.1. The van der Waals surface area contributed by atoms with E-state index in [4.69, 9.17) is 0 Å². The van der Waals surface area contributed by atoms with E-state index in [9.17, 15) is 22.8 Å². The van der Waals surface area contributed by atoms with E-state index in [-0.39, 0.29) is 16.1 Å². The van der Waals surface area contributed by atoms with Gasteiger partial charge in [0, 0.05) is 23.6 Å². The molecule has 1 aliphatic rings. The third-order valence-corrected chi connectivity index (χ3v) is 4.19. The van der Waals surface area contributed by atoms with E-state index in [0.717, 1.165) is 6.07 Å². The number of halogens is 4. The lowest BCUT2D eigenvalue weighted by Gasteiger charge is -2.22. The highest BCUT2D eigenvalue weighted by Crippen LogP contribution is 2.36. The van der Waals surface area contributed by atoms with Crippen LogP contribution in [0.5, 0.6) is 0 Å². The van der Waals surface area contributed by atoms with Gasteiger partial charge in [0.1, 0.15) is 6.04 Å². The molecule has 22 heavy (non-hydrogen) atoms. The minimum Gasteiger partial charge on any atom is -0.331 e. The van der Waals surface area contributed by atoms with E-state index in [1.165, 1.54) is 24.0 Å². The number of hydrogen-bond donors (Lipinski definition) is 1. The molecule has 2 amide bonds. The molecule has 120 valence electrons. The first-order valence-corrected chi connectivity index (χ1v) is 7.44. The van der Waals surface area contributed by atoms with Gasteiger partial charge >= 0.3 is 6.18 Å². The molecule has 4 nitrogen and oxygen atoms in total. The summed E-state index contributed by atoms with van der Waals surface area (Å²) in [5.74, 6) is -0.687. The first kappa shape index (κ1) is 16.8. The molecule has 0 aliphatic carbocycles. The summed E-state index contributed by atoms with van der Waals surface area (Å²) >= 11 is 2.84. The van der Waals surface area contributed by atoms with Crippen LogP contribution < -0.4 is 5.32 Å². The topological polar surface area (TPSA) is 49.4 Å². The van der Waals surface area contributed by atoms with E-state index in [0.29, 0.717) is 19.4 Å². The van der Waals surface area contributed by atoms with Crippen molar-refractivity contribution in [3.05, 3.63) is 28.2 Å². The van der Waals surface area contributed by atoms with Gasteiger partial charge in [0.25, 0.3) is 0 Å². The Balaban J connectivity index is 2.17. The SMILES string of the molecule is CC(=O)N1CCCC1C(=O)Nc1ccc(Br)c(C(F)(F)F)c1. The second-order valence-electron chi connectivity index (χ2n) is 5.05. The molecule has 0 bridgehead atoms. The molecular weight excluding hydrogens is 365 g/mol. The maximum atomic E-state index is 12.8. The van der Waals surface area contributed by atoms with E-state index < -0.39 is 23.7 Å². The summed E-state index contributed by atoms with van der Waals surface area (Å²) in [4.78, 5) is 25.0. The molecular formula is C14H14BrF3N2O2. The van der Waals surface area contributed by atoms with Crippen LogP contribution >= 0.6 is 15.9 Å². The van der Waals surface area contributed by atoms with Gasteiger partial charge < -0.3 is 10.2 Å². The first-order valence-electron chi connectivity index (χ1n) is 6.65. The third kappa shape index (κ3) is 3.60. The normalized spacial score (nSPS) is 18.4. The third-order valence-electron chi connectivity index (χ3n) is 3.50. The smallest absolute Gasteiger partial charge is 0.331 e. The second-order valence-corrected chi connectivity index (χ2v) is 5.91. The lowest BCUT2D eigenvalue weighted by molar-refractivity contribution is -0.138. The fourth-order valence-electron chi connectivity index (χ4n) is 2.46. The minimum atomic E-state index is -4.52. The number of nitrogens with one attached hydrogen (secondary N) is 1. The van der Waals surface area contributed by atoms with Crippen LogP contribution in [0, 0.1) is 0 Å². The molecule has 0 saturated carbocycles.